The summed E-state index contributed by atoms with van der Waals surface area (Å²) in [6, 6.07) is 4.93. The van der Waals surface area contributed by atoms with Crippen LogP contribution >= 0.6 is 0 Å². The second-order valence-electron chi connectivity index (χ2n) is 6.82. The molecule has 2 aliphatic rings. The van der Waals surface area contributed by atoms with Gasteiger partial charge in [-0.15, -0.1) is 0 Å². The monoisotopic (exact) mass is 325 g/mol. The lowest BCUT2D eigenvalue weighted by Crippen LogP contribution is -2.39. The molecule has 2 aromatic rings. The van der Waals surface area contributed by atoms with Gasteiger partial charge in [0.2, 0.25) is 5.88 Å². The SMILES string of the molecule is CC(C)Oc1cc(N2C3C=C(c4ccnn4C)CC2CC3)ncn1. The van der Waals surface area contributed by atoms with E-state index in [1.807, 2.05) is 37.8 Å². The zero-order valence-corrected chi connectivity index (χ0v) is 14.4. The van der Waals surface area contributed by atoms with Crippen LogP contribution < -0.4 is 9.64 Å². The Balaban J connectivity index is 1.63. The first-order chi connectivity index (χ1) is 11.6. The Labute approximate surface area is 142 Å². The third-order valence-corrected chi connectivity index (χ3v) is 4.79. The van der Waals surface area contributed by atoms with Gasteiger partial charge in [0.05, 0.1) is 11.8 Å². The molecular formula is C18H23N5O. The number of rotatable bonds is 4. The molecule has 4 rings (SSSR count). The summed E-state index contributed by atoms with van der Waals surface area (Å²) in [7, 11) is 2.00. The van der Waals surface area contributed by atoms with Crippen molar-refractivity contribution in [2.24, 2.45) is 7.05 Å². The van der Waals surface area contributed by atoms with E-state index >= 15 is 0 Å². The van der Waals surface area contributed by atoms with Crippen molar-refractivity contribution in [3.05, 3.63) is 36.4 Å². The number of nitrogens with zero attached hydrogens (tertiary/aromatic N) is 5. The molecule has 4 heterocycles. The fourth-order valence-electron chi connectivity index (χ4n) is 3.84. The first-order valence-electron chi connectivity index (χ1n) is 8.58. The maximum Gasteiger partial charge on any atom is 0.218 e. The van der Waals surface area contributed by atoms with Gasteiger partial charge in [-0.2, -0.15) is 5.10 Å². The second-order valence-corrected chi connectivity index (χ2v) is 6.82. The largest absolute Gasteiger partial charge is 0.475 e. The van der Waals surface area contributed by atoms with Gasteiger partial charge in [0.25, 0.3) is 0 Å². The normalized spacial score (nSPS) is 22.8. The van der Waals surface area contributed by atoms with Crippen LogP contribution in [0.5, 0.6) is 5.88 Å². The number of hydrogen-bond donors (Lipinski definition) is 0. The molecule has 2 aromatic heterocycles. The zero-order chi connectivity index (χ0) is 16.7. The number of anilines is 1. The van der Waals surface area contributed by atoms with Crippen molar-refractivity contribution in [1.82, 2.24) is 19.7 Å². The summed E-state index contributed by atoms with van der Waals surface area (Å²) in [6.07, 6.45) is 9.34. The molecule has 2 unspecified atom stereocenters. The highest BCUT2D eigenvalue weighted by Crippen LogP contribution is 2.40. The molecule has 0 radical (unpaired) electrons. The van der Waals surface area contributed by atoms with Crippen molar-refractivity contribution < 1.29 is 4.74 Å². The van der Waals surface area contributed by atoms with E-state index in [9.17, 15) is 0 Å². The molecule has 6 nitrogen and oxygen atoms in total. The van der Waals surface area contributed by atoms with Crippen molar-refractivity contribution in [2.75, 3.05) is 4.90 Å². The molecule has 2 bridgehead atoms. The minimum Gasteiger partial charge on any atom is -0.475 e. The summed E-state index contributed by atoms with van der Waals surface area (Å²) in [5.41, 5.74) is 2.62. The van der Waals surface area contributed by atoms with E-state index in [4.69, 9.17) is 4.74 Å². The Kier molecular flexibility index (Phi) is 3.75. The van der Waals surface area contributed by atoms with Crippen LogP contribution in [0.2, 0.25) is 0 Å². The highest BCUT2D eigenvalue weighted by Gasteiger charge is 2.38. The molecule has 1 saturated heterocycles. The van der Waals surface area contributed by atoms with Gasteiger partial charge >= 0.3 is 0 Å². The Morgan fingerprint density at radius 1 is 1.25 bits per heavy atom. The summed E-state index contributed by atoms with van der Waals surface area (Å²) >= 11 is 0. The molecule has 24 heavy (non-hydrogen) atoms. The minimum absolute atomic E-state index is 0.113. The van der Waals surface area contributed by atoms with E-state index < -0.39 is 0 Å². The molecule has 0 N–H and O–H groups in total. The van der Waals surface area contributed by atoms with Gasteiger partial charge in [-0.05, 0) is 44.7 Å². The summed E-state index contributed by atoms with van der Waals surface area (Å²) in [4.78, 5) is 11.2. The number of hydrogen-bond acceptors (Lipinski definition) is 5. The molecular weight excluding hydrogens is 302 g/mol. The van der Waals surface area contributed by atoms with Crippen LogP contribution in [-0.2, 0) is 7.05 Å². The van der Waals surface area contributed by atoms with Gasteiger partial charge in [0, 0.05) is 31.4 Å². The molecule has 1 fully saturated rings. The summed E-state index contributed by atoms with van der Waals surface area (Å²) in [5, 5.41) is 4.30. The van der Waals surface area contributed by atoms with Gasteiger partial charge in [0.15, 0.2) is 0 Å². The lowest BCUT2D eigenvalue weighted by atomic mass is 9.98. The molecule has 0 spiro atoms. The molecule has 0 saturated carbocycles. The number of ether oxygens (including phenoxy) is 1. The average Bonchev–Trinajstić information content (AvgIpc) is 3.08. The molecule has 0 aliphatic carbocycles. The number of aryl methyl sites for hydroxylation is 1. The predicted molar refractivity (Wildman–Crippen MR) is 92.9 cm³/mol. The number of aromatic nitrogens is 4. The fraction of sp³-hybridized carbons (Fsp3) is 0.500. The minimum atomic E-state index is 0.113. The summed E-state index contributed by atoms with van der Waals surface area (Å²) in [6.45, 7) is 4.02. The average molecular weight is 325 g/mol. The quantitative estimate of drug-likeness (QED) is 0.865. The van der Waals surface area contributed by atoms with Crippen LogP contribution in [0.1, 0.15) is 38.8 Å². The fourth-order valence-corrected chi connectivity index (χ4v) is 3.84. The molecule has 2 atom stereocenters. The first-order valence-corrected chi connectivity index (χ1v) is 8.58. The van der Waals surface area contributed by atoms with E-state index in [2.05, 4.69) is 32.1 Å². The van der Waals surface area contributed by atoms with Gasteiger partial charge in [-0.25, -0.2) is 9.97 Å². The van der Waals surface area contributed by atoms with Crippen LogP contribution in [-0.4, -0.2) is 37.9 Å². The maximum absolute atomic E-state index is 5.73. The highest BCUT2D eigenvalue weighted by atomic mass is 16.5. The first kappa shape index (κ1) is 15.2. The van der Waals surface area contributed by atoms with Crippen molar-refractivity contribution >= 4 is 11.4 Å². The Hall–Kier alpha value is -2.37. The van der Waals surface area contributed by atoms with Gasteiger partial charge in [-0.1, -0.05) is 6.08 Å². The van der Waals surface area contributed by atoms with E-state index in [-0.39, 0.29) is 6.10 Å². The van der Waals surface area contributed by atoms with E-state index in [1.165, 1.54) is 17.7 Å². The summed E-state index contributed by atoms with van der Waals surface area (Å²) < 4.78 is 7.69. The zero-order valence-electron chi connectivity index (χ0n) is 14.4. The summed E-state index contributed by atoms with van der Waals surface area (Å²) in [5.74, 6) is 1.62. The van der Waals surface area contributed by atoms with Crippen molar-refractivity contribution in [3.63, 3.8) is 0 Å². The second kappa shape index (κ2) is 5.92. The van der Waals surface area contributed by atoms with Gasteiger partial charge < -0.3 is 9.64 Å². The van der Waals surface area contributed by atoms with Crippen LogP contribution in [0.25, 0.3) is 5.57 Å². The van der Waals surface area contributed by atoms with Crippen LogP contribution in [0.3, 0.4) is 0 Å². The van der Waals surface area contributed by atoms with Crippen LogP contribution in [0.15, 0.2) is 30.7 Å². The van der Waals surface area contributed by atoms with Crippen LogP contribution in [0, 0.1) is 0 Å². The Bertz CT molecular complexity index is 766. The van der Waals surface area contributed by atoms with Gasteiger partial charge in [0.1, 0.15) is 12.1 Å². The lowest BCUT2D eigenvalue weighted by Gasteiger charge is -2.35. The van der Waals surface area contributed by atoms with Crippen molar-refractivity contribution in [1.29, 1.82) is 0 Å². The molecule has 2 aliphatic heterocycles. The van der Waals surface area contributed by atoms with E-state index in [1.54, 1.807) is 6.33 Å². The predicted octanol–water partition coefficient (Wildman–Crippen LogP) is 2.82. The molecule has 6 heteroatoms. The Morgan fingerprint density at radius 3 is 2.83 bits per heavy atom. The smallest absolute Gasteiger partial charge is 0.218 e. The Morgan fingerprint density at radius 2 is 2.12 bits per heavy atom. The van der Waals surface area contributed by atoms with Crippen molar-refractivity contribution in [2.45, 2.75) is 51.3 Å². The topological polar surface area (TPSA) is 56.1 Å². The van der Waals surface area contributed by atoms with E-state index in [0.717, 1.165) is 18.7 Å². The third-order valence-electron chi connectivity index (χ3n) is 4.79. The standard InChI is InChI=1S/C18H23N5O/c1-12(2)24-18-10-17(19-11-20-18)23-14-4-5-15(23)9-13(8-14)16-6-7-21-22(16)3/h6-8,10-12,14-15H,4-5,9H2,1-3H3. The molecule has 126 valence electrons. The highest BCUT2D eigenvalue weighted by molar-refractivity contribution is 5.69. The van der Waals surface area contributed by atoms with E-state index in [0.29, 0.717) is 18.0 Å². The maximum atomic E-state index is 5.73. The molecule has 0 amide bonds. The van der Waals surface area contributed by atoms with Gasteiger partial charge in [-0.3, -0.25) is 4.68 Å². The number of fused-ring (bicyclic) bond motifs is 2. The lowest BCUT2D eigenvalue weighted by molar-refractivity contribution is 0.232. The van der Waals surface area contributed by atoms with Crippen molar-refractivity contribution in [3.8, 4) is 5.88 Å². The van der Waals surface area contributed by atoms with Crippen LogP contribution in [0.4, 0.5) is 5.82 Å². The molecule has 0 aromatic carbocycles. The third kappa shape index (κ3) is 2.66.